The highest BCUT2D eigenvalue weighted by molar-refractivity contribution is 5.95. The van der Waals surface area contributed by atoms with Gasteiger partial charge in [-0.1, -0.05) is 72.8 Å². The van der Waals surface area contributed by atoms with Crippen LogP contribution in [-0.2, 0) is 9.59 Å². The first-order valence-electron chi connectivity index (χ1n) is 7.96. The molecule has 4 nitrogen and oxygen atoms in total. The third kappa shape index (κ3) is 6.57. The Kier molecular flexibility index (Phi) is 6.87. The fraction of sp³-hybridized carbons (Fsp3) is 0.143. The standard InChI is InChI=1S/C21H20O4/c22-19(14-20(23)15-21(24)25)12-11-18(17-9-5-2-6-10-17)13-16-7-3-1-4-8-16/h1-13,19,22H,14-15H2,(H,24,25)/b12-11+,18-13-. The number of aliphatic hydroxyl groups excluding tert-OH is 1. The molecule has 4 heteroatoms. The number of ketones is 1. The summed E-state index contributed by atoms with van der Waals surface area (Å²) < 4.78 is 0. The topological polar surface area (TPSA) is 74.6 Å². The number of aliphatic carboxylic acids is 1. The van der Waals surface area contributed by atoms with Gasteiger partial charge in [0, 0.05) is 6.42 Å². The summed E-state index contributed by atoms with van der Waals surface area (Å²) in [4.78, 5) is 22.0. The van der Waals surface area contributed by atoms with Gasteiger partial charge in [-0.05, 0) is 22.8 Å². The zero-order chi connectivity index (χ0) is 18.1. The van der Waals surface area contributed by atoms with Gasteiger partial charge in [-0.2, -0.15) is 0 Å². The Morgan fingerprint density at radius 3 is 2.16 bits per heavy atom. The number of carbonyl (C=O) groups excluding carboxylic acids is 1. The number of carboxylic acid groups (broad SMARTS) is 1. The molecule has 128 valence electrons. The van der Waals surface area contributed by atoms with Gasteiger partial charge >= 0.3 is 5.97 Å². The summed E-state index contributed by atoms with van der Waals surface area (Å²) >= 11 is 0. The summed E-state index contributed by atoms with van der Waals surface area (Å²) in [6.45, 7) is 0. The van der Waals surface area contributed by atoms with Crippen LogP contribution in [0.15, 0.2) is 72.8 Å². The molecule has 0 spiro atoms. The third-order valence-corrected chi connectivity index (χ3v) is 3.51. The lowest BCUT2D eigenvalue weighted by Gasteiger charge is -2.06. The van der Waals surface area contributed by atoms with Crippen molar-refractivity contribution in [3.63, 3.8) is 0 Å². The zero-order valence-corrected chi connectivity index (χ0v) is 13.7. The van der Waals surface area contributed by atoms with E-state index in [2.05, 4.69) is 0 Å². The highest BCUT2D eigenvalue weighted by Crippen LogP contribution is 2.20. The van der Waals surface area contributed by atoms with E-state index in [-0.39, 0.29) is 6.42 Å². The molecule has 0 bridgehead atoms. The molecule has 1 unspecified atom stereocenters. The van der Waals surface area contributed by atoms with E-state index in [1.165, 1.54) is 6.08 Å². The lowest BCUT2D eigenvalue weighted by Crippen LogP contribution is -2.14. The van der Waals surface area contributed by atoms with Crippen molar-refractivity contribution in [3.8, 4) is 0 Å². The Hall–Kier alpha value is -2.98. The monoisotopic (exact) mass is 336 g/mol. The van der Waals surface area contributed by atoms with Crippen LogP contribution in [0.4, 0.5) is 0 Å². The minimum Gasteiger partial charge on any atom is -0.481 e. The van der Waals surface area contributed by atoms with E-state index in [4.69, 9.17) is 5.11 Å². The second-order valence-corrected chi connectivity index (χ2v) is 5.62. The minimum absolute atomic E-state index is 0.212. The summed E-state index contributed by atoms with van der Waals surface area (Å²) in [5, 5.41) is 18.6. The van der Waals surface area contributed by atoms with Crippen molar-refractivity contribution in [1.82, 2.24) is 0 Å². The van der Waals surface area contributed by atoms with Gasteiger partial charge in [0.25, 0.3) is 0 Å². The molecule has 2 aromatic rings. The normalized spacial score (nSPS) is 12.9. The van der Waals surface area contributed by atoms with E-state index < -0.39 is 24.3 Å². The van der Waals surface area contributed by atoms with Gasteiger partial charge in [-0.25, -0.2) is 0 Å². The molecule has 25 heavy (non-hydrogen) atoms. The molecule has 0 fully saturated rings. The molecular weight excluding hydrogens is 316 g/mol. The second kappa shape index (κ2) is 9.35. The average Bonchev–Trinajstić information content (AvgIpc) is 2.59. The Morgan fingerprint density at radius 2 is 1.56 bits per heavy atom. The first kappa shape index (κ1) is 18.4. The molecule has 0 heterocycles. The van der Waals surface area contributed by atoms with E-state index in [0.29, 0.717) is 0 Å². The van der Waals surface area contributed by atoms with Crippen molar-refractivity contribution >= 4 is 23.4 Å². The van der Waals surface area contributed by atoms with E-state index in [1.54, 1.807) is 6.08 Å². The number of carbonyl (C=O) groups is 2. The lowest BCUT2D eigenvalue weighted by atomic mass is 10.0. The molecule has 2 aromatic carbocycles. The molecule has 0 saturated heterocycles. The highest BCUT2D eigenvalue weighted by Gasteiger charge is 2.12. The van der Waals surface area contributed by atoms with Crippen molar-refractivity contribution in [1.29, 1.82) is 0 Å². The number of allylic oxidation sites excluding steroid dienone is 2. The molecule has 0 aromatic heterocycles. The van der Waals surface area contributed by atoms with Gasteiger partial charge in [0.05, 0.1) is 6.10 Å². The van der Waals surface area contributed by atoms with Gasteiger partial charge in [0.2, 0.25) is 0 Å². The number of rotatable bonds is 8. The van der Waals surface area contributed by atoms with Crippen molar-refractivity contribution in [3.05, 3.63) is 83.9 Å². The fourth-order valence-corrected chi connectivity index (χ4v) is 2.34. The van der Waals surface area contributed by atoms with Crippen LogP contribution >= 0.6 is 0 Å². The van der Waals surface area contributed by atoms with Crippen molar-refractivity contribution in [2.24, 2.45) is 0 Å². The smallest absolute Gasteiger partial charge is 0.310 e. The summed E-state index contributed by atoms with van der Waals surface area (Å²) in [6.07, 6.45) is 3.45. The maximum absolute atomic E-state index is 11.5. The molecule has 0 saturated carbocycles. The van der Waals surface area contributed by atoms with Gasteiger partial charge in [0.15, 0.2) is 0 Å². The second-order valence-electron chi connectivity index (χ2n) is 5.62. The quantitative estimate of drug-likeness (QED) is 0.439. The SMILES string of the molecule is O=C(O)CC(=O)CC(O)/C=C/C(=C/c1ccccc1)c1ccccc1. The van der Waals surface area contributed by atoms with Crippen LogP contribution < -0.4 is 0 Å². The molecule has 0 aliphatic heterocycles. The Labute approximate surface area is 146 Å². The van der Waals surface area contributed by atoms with E-state index >= 15 is 0 Å². The van der Waals surface area contributed by atoms with Gasteiger partial charge in [-0.3, -0.25) is 9.59 Å². The molecule has 2 rings (SSSR count). The number of carboxylic acids is 1. The molecule has 0 amide bonds. The van der Waals surface area contributed by atoms with E-state index in [0.717, 1.165) is 16.7 Å². The van der Waals surface area contributed by atoms with Crippen LogP contribution in [0.5, 0.6) is 0 Å². The van der Waals surface area contributed by atoms with E-state index in [1.807, 2.05) is 66.7 Å². The van der Waals surface area contributed by atoms with Crippen molar-refractivity contribution in [2.75, 3.05) is 0 Å². The summed E-state index contributed by atoms with van der Waals surface area (Å²) in [7, 11) is 0. The first-order chi connectivity index (χ1) is 12.0. The van der Waals surface area contributed by atoms with Crippen molar-refractivity contribution in [2.45, 2.75) is 18.9 Å². The molecule has 2 N–H and O–H groups in total. The Balaban J connectivity index is 2.18. The molecule has 0 aliphatic rings. The maximum Gasteiger partial charge on any atom is 0.310 e. The molecule has 1 atom stereocenters. The fourth-order valence-electron chi connectivity index (χ4n) is 2.34. The van der Waals surface area contributed by atoms with Crippen LogP contribution in [0.1, 0.15) is 24.0 Å². The van der Waals surface area contributed by atoms with E-state index in [9.17, 15) is 14.7 Å². The van der Waals surface area contributed by atoms with Crippen LogP contribution in [0.2, 0.25) is 0 Å². The van der Waals surface area contributed by atoms with Gasteiger partial charge < -0.3 is 10.2 Å². The molecular formula is C21H20O4. The van der Waals surface area contributed by atoms with Crippen LogP contribution in [0.25, 0.3) is 11.6 Å². The number of Topliss-reactive ketones (excluding diaryl/α,β-unsaturated/α-hetero) is 1. The maximum atomic E-state index is 11.5. The number of benzene rings is 2. The lowest BCUT2D eigenvalue weighted by molar-refractivity contribution is -0.140. The first-order valence-corrected chi connectivity index (χ1v) is 7.96. The minimum atomic E-state index is -1.19. The van der Waals surface area contributed by atoms with Gasteiger partial charge in [-0.15, -0.1) is 0 Å². The van der Waals surface area contributed by atoms with Crippen molar-refractivity contribution < 1.29 is 19.8 Å². The van der Waals surface area contributed by atoms with Crippen LogP contribution in [0, 0.1) is 0 Å². The largest absolute Gasteiger partial charge is 0.481 e. The number of hydrogen-bond acceptors (Lipinski definition) is 3. The highest BCUT2D eigenvalue weighted by atomic mass is 16.4. The zero-order valence-electron chi connectivity index (χ0n) is 13.7. The summed E-state index contributed by atoms with van der Waals surface area (Å²) in [5.41, 5.74) is 2.88. The van der Waals surface area contributed by atoms with Crippen LogP contribution in [0.3, 0.4) is 0 Å². The number of aliphatic hydroxyl groups is 1. The predicted octanol–water partition coefficient (Wildman–Crippen LogP) is 3.58. The summed E-state index contributed by atoms with van der Waals surface area (Å²) in [6, 6.07) is 19.5. The summed E-state index contributed by atoms with van der Waals surface area (Å²) in [5.74, 6) is -1.69. The molecule has 0 aliphatic carbocycles. The Bertz CT molecular complexity index is 761. The third-order valence-electron chi connectivity index (χ3n) is 3.51. The number of hydrogen-bond donors (Lipinski definition) is 2. The average molecular weight is 336 g/mol. The predicted molar refractivity (Wildman–Crippen MR) is 97.8 cm³/mol. The van der Waals surface area contributed by atoms with Gasteiger partial charge in [0.1, 0.15) is 12.2 Å². The Morgan fingerprint density at radius 1 is 0.960 bits per heavy atom. The molecule has 0 radical (unpaired) electrons. The van der Waals surface area contributed by atoms with Crippen LogP contribution in [-0.4, -0.2) is 28.1 Å².